The van der Waals surface area contributed by atoms with E-state index < -0.39 is 0 Å². The van der Waals surface area contributed by atoms with Gasteiger partial charge in [-0.15, -0.1) is 0 Å². The second-order valence-corrected chi connectivity index (χ2v) is 6.26. The maximum atomic E-state index is 12.0. The lowest BCUT2D eigenvalue weighted by atomic mass is 10.1. The summed E-state index contributed by atoms with van der Waals surface area (Å²) in [5.41, 5.74) is 2.19. The fourth-order valence-corrected chi connectivity index (χ4v) is 2.10. The molecule has 2 aromatic carbocycles. The number of ether oxygens (including phenoxy) is 1. The Morgan fingerprint density at radius 3 is 2.64 bits per heavy atom. The van der Waals surface area contributed by atoms with Gasteiger partial charge in [-0.25, -0.2) is 4.79 Å². The van der Waals surface area contributed by atoms with Gasteiger partial charge in [0.05, 0.1) is 11.6 Å². The van der Waals surface area contributed by atoms with Gasteiger partial charge in [-0.3, -0.25) is 0 Å². The van der Waals surface area contributed by atoms with Crippen LogP contribution in [-0.4, -0.2) is 12.1 Å². The summed E-state index contributed by atoms with van der Waals surface area (Å²) in [4.78, 5) is 12.0. The number of amides is 2. The first kappa shape index (κ1) is 18.3. The molecule has 1 atom stereocenters. The van der Waals surface area contributed by atoms with Crippen molar-refractivity contribution in [1.29, 1.82) is 5.26 Å². The van der Waals surface area contributed by atoms with E-state index in [1.54, 1.807) is 18.2 Å². The van der Waals surface area contributed by atoms with E-state index >= 15 is 0 Å². The minimum Gasteiger partial charge on any atom is -0.489 e. The first-order valence-electron chi connectivity index (χ1n) is 8.27. The molecule has 0 saturated heterocycles. The van der Waals surface area contributed by atoms with Gasteiger partial charge < -0.3 is 15.4 Å². The minimum atomic E-state index is -0.236. The van der Waals surface area contributed by atoms with Gasteiger partial charge in [0, 0.05) is 17.8 Å². The van der Waals surface area contributed by atoms with Crippen LogP contribution in [0.3, 0.4) is 0 Å². The molecule has 130 valence electrons. The van der Waals surface area contributed by atoms with Gasteiger partial charge in [0.15, 0.2) is 0 Å². The molecule has 1 unspecified atom stereocenters. The van der Waals surface area contributed by atoms with Crippen molar-refractivity contribution in [3.63, 3.8) is 0 Å². The first-order chi connectivity index (χ1) is 12.0. The number of hydrogen-bond acceptors (Lipinski definition) is 3. The molecule has 0 radical (unpaired) electrons. The molecule has 0 fully saturated rings. The maximum absolute atomic E-state index is 12.0. The molecule has 0 aliphatic rings. The third-order valence-corrected chi connectivity index (χ3v) is 3.91. The number of nitrogens with one attached hydrogen (secondary N) is 2. The molecule has 25 heavy (non-hydrogen) atoms. The highest BCUT2D eigenvalue weighted by Gasteiger charge is 2.10. The van der Waals surface area contributed by atoms with Gasteiger partial charge in [0.2, 0.25) is 0 Å². The number of carbonyl (C=O) groups excluding carboxylic acids is 1. The average Bonchev–Trinajstić information content (AvgIpc) is 2.60. The number of nitrogens with zero attached hydrogens (tertiary/aromatic N) is 1. The van der Waals surface area contributed by atoms with Gasteiger partial charge in [0.1, 0.15) is 12.4 Å². The van der Waals surface area contributed by atoms with Gasteiger partial charge in [-0.1, -0.05) is 32.0 Å². The summed E-state index contributed by atoms with van der Waals surface area (Å²) in [6.45, 7) is 6.44. The average molecular weight is 337 g/mol. The Kier molecular flexibility index (Phi) is 6.41. The molecule has 0 aliphatic heterocycles. The Morgan fingerprint density at radius 1 is 1.16 bits per heavy atom. The molecule has 5 heteroatoms. The molecular formula is C20H23N3O2. The fraction of sp³-hybridized carbons (Fsp3) is 0.300. The monoisotopic (exact) mass is 337 g/mol. The van der Waals surface area contributed by atoms with Crippen LogP contribution in [0.25, 0.3) is 0 Å². The van der Waals surface area contributed by atoms with Crippen molar-refractivity contribution in [2.45, 2.75) is 33.4 Å². The summed E-state index contributed by atoms with van der Waals surface area (Å²) in [6.07, 6.45) is 0. The third-order valence-electron chi connectivity index (χ3n) is 3.91. The van der Waals surface area contributed by atoms with E-state index in [4.69, 9.17) is 10.00 Å². The molecule has 2 aromatic rings. The van der Waals surface area contributed by atoms with E-state index in [0.717, 1.165) is 5.56 Å². The first-order valence-corrected chi connectivity index (χ1v) is 8.27. The van der Waals surface area contributed by atoms with Crippen molar-refractivity contribution in [3.05, 3.63) is 59.7 Å². The standard InChI is InChI=1S/C20H23N3O2/c1-14(2)15(3)22-20(24)23-18-8-5-9-19(11-18)25-13-17-7-4-6-16(10-17)12-21/h4-11,14-15H,13H2,1-3H3,(H2,22,23,24). The minimum absolute atomic E-state index is 0.0897. The highest BCUT2D eigenvalue weighted by atomic mass is 16.5. The smallest absolute Gasteiger partial charge is 0.319 e. The topological polar surface area (TPSA) is 74.2 Å². The zero-order chi connectivity index (χ0) is 18.2. The molecule has 2 amide bonds. The van der Waals surface area contributed by atoms with Crippen molar-refractivity contribution in [1.82, 2.24) is 5.32 Å². The Morgan fingerprint density at radius 2 is 1.92 bits per heavy atom. The van der Waals surface area contributed by atoms with Crippen molar-refractivity contribution < 1.29 is 9.53 Å². The Bertz CT molecular complexity index is 766. The summed E-state index contributed by atoms with van der Waals surface area (Å²) >= 11 is 0. The quantitative estimate of drug-likeness (QED) is 0.825. The van der Waals surface area contributed by atoms with Crippen LogP contribution in [-0.2, 0) is 6.61 Å². The van der Waals surface area contributed by atoms with E-state index in [1.807, 2.05) is 37.3 Å². The van der Waals surface area contributed by atoms with Gasteiger partial charge >= 0.3 is 6.03 Å². The number of benzene rings is 2. The van der Waals surface area contributed by atoms with Crippen LogP contribution in [0.5, 0.6) is 5.75 Å². The molecule has 0 heterocycles. The second-order valence-electron chi connectivity index (χ2n) is 6.26. The highest BCUT2D eigenvalue weighted by Crippen LogP contribution is 2.19. The van der Waals surface area contributed by atoms with Crippen LogP contribution in [0.1, 0.15) is 31.9 Å². The molecule has 0 spiro atoms. The lowest BCUT2D eigenvalue weighted by Gasteiger charge is -2.18. The number of carbonyl (C=O) groups is 1. The van der Waals surface area contributed by atoms with Crippen LogP contribution in [0, 0.1) is 17.2 Å². The molecule has 0 aromatic heterocycles. The van der Waals surface area contributed by atoms with Crippen molar-refractivity contribution in [3.8, 4) is 11.8 Å². The SMILES string of the molecule is CC(C)C(C)NC(=O)Nc1cccc(OCc2cccc(C#N)c2)c1. The van der Waals surface area contributed by atoms with Crippen molar-refractivity contribution in [2.75, 3.05) is 5.32 Å². The number of nitriles is 1. The zero-order valence-corrected chi connectivity index (χ0v) is 14.7. The van der Waals surface area contributed by atoms with Crippen LogP contribution in [0.4, 0.5) is 10.5 Å². The number of rotatable bonds is 6. The fourth-order valence-electron chi connectivity index (χ4n) is 2.10. The Labute approximate surface area is 148 Å². The lowest BCUT2D eigenvalue weighted by molar-refractivity contribution is 0.246. The van der Waals surface area contributed by atoms with E-state index in [9.17, 15) is 4.79 Å². The normalized spacial score (nSPS) is 11.5. The van der Waals surface area contributed by atoms with E-state index in [0.29, 0.717) is 29.5 Å². The zero-order valence-electron chi connectivity index (χ0n) is 14.7. The Hall–Kier alpha value is -3.00. The van der Waals surface area contributed by atoms with Crippen molar-refractivity contribution >= 4 is 11.7 Å². The molecule has 5 nitrogen and oxygen atoms in total. The summed E-state index contributed by atoms with van der Waals surface area (Å²) in [7, 11) is 0. The largest absolute Gasteiger partial charge is 0.489 e. The second kappa shape index (κ2) is 8.74. The number of urea groups is 1. The number of anilines is 1. The highest BCUT2D eigenvalue weighted by molar-refractivity contribution is 5.89. The predicted octanol–water partition coefficient (Wildman–Crippen LogP) is 4.30. The summed E-state index contributed by atoms with van der Waals surface area (Å²) < 4.78 is 5.75. The molecule has 2 N–H and O–H groups in total. The molecule has 0 saturated carbocycles. The lowest BCUT2D eigenvalue weighted by Crippen LogP contribution is -2.38. The van der Waals surface area contributed by atoms with Gasteiger partial charge in [-0.05, 0) is 42.7 Å². The van der Waals surface area contributed by atoms with E-state index in [1.165, 1.54) is 0 Å². The Balaban J connectivity index is 1.94. The maximum Gasteiger partial charge on any atom is 0.319 e. The summed E-state index contributed by atoms with van der Waals surface area (Å²) in [5.74, 6) is 1.02. The van der Waals surface area contributed by atoms with Gasteiger partial charge in [0.25, 0.3) is 0 Å². The predicted molar refractivity (Wildman–Crippen MR) is 98.4 cm³/mol. The van der Waals surface area contributed by atoms with Gasteiger partial charge in [-0.2, -0.15) is 5.26 Å². The van der Waals surface area contributed by atoms with Crippen LogP contribution >= 0.6 is 0 Å². The van der Waals surface area contributed by atoms with Crippen LogP contribution in [0.15, 0.2) is 48.5 Å². The van der Waals surface area contributed by atoms with E-state index in [2.05, 4.69) is 30.6 Å². The molecular weight excluding hydrogens is 314 g/mol. The molecule has 0 bridgehead atoms. The number of hydrogen-bond donors (Lipinski definition) is 2. The van der Waals surface area contributed by atoms with Crippen LogP contribution in [0.2, 0.25) is 0 Å². The van der Waals surface area contributed by atoms with Crippen LogP contribution < -0.4 is 15.4 Å². The van der Waals surface area contributed by atoms with E-state index in [-0.39, 0.29) is 12.1 Å². The molecule has 2 rings (SSSR count). The summed E-state index contributed by atoms with van der Waals surface area (Å²) in [5, 5.41) is 14.6. The van der Waals surface area contributed by atoms with Crippen molar-refractivity contribution in [2.24, 2.45) is 5.92 Å². The third kappa shape index (κ3) is 5.85. The molecule has 0 aliphatic carbocycles. The summed E-state index contributed by atoms with van der Waals surface area (Å²) in [6, 6.07) is 16.5.